The van der Waals surface area contributed by atoms with Gasteiger partial charge in [0, 0.05) is 17.4 Å². The van der Waals surface area contributed by atoms with Gasteiger partial charge in [-0.25, -0.2) is 4.98 Å². The molecule has 0 amide bonds. The number of halogens is 1. The van der Waals surface area contributed by atoms with Crippen LogP contribution in [-0.2, 0) is 13.0 Å². The van der Waals surface area contributed by atoms with Gasteiger partial charge in [0.15, 0.2) is 0 Å². The molecule has 4 heteroatoms. The van der Waals surface area contributed by atoms with Gasteiger partial charge in [-0.1, -0.05) is 15.9 Å². The van der Waals surface area contributed by atoms with Crippen LogP contribution in [0.15, 0.2) is 22.7 Å². The molecular weight excluding hydrogens is 266 g/mol. The fourth-order valence-corrected chi connectivity index (χ4v) is 2.31. The van der Waals surface area contributed by atoms with Crippen LogP contribution in [0.5, 0.6) is 0 Å². The van der Waals surface area contributed by atoms with E-state index in [2.05, 4.69) is 50.6 Å². The Balaban J connectivity index is 2.48. The first kappa shape index (κ1) is 11.6. The van der Waals surface area contributed by atoms with Crippen LogP contribution < -0.4 is 5.73 Å². The molecule has 2 rings (SSSR count). The van der Waals surface area contributed by atoms with E-state index in [9.17, 15) is 0 Å². The molecule has 0 unspecified atom stereocenters. The Morgan fingerprint density at radius 2 is 2.25 bits per heavy atom. The average Bonchev–Trinajstić information content (AvgIpc) is 2.62. The lowest BCUT2D eigenvalue weighted by molar-refractivity contribution is 0.686. The Morgan fingerprint density at radius 1 is 1.44 bits per heavy atom. The number of benzene rings is 1. The monoisotopic (exact) mass is 281 g/mol. The molecule has 0 saturated heterocycles. The highest BCUT2D eigenvalue weighted by Crippen LogP contribution is 2.21. The molecule has 0 fully saturated rings. The Kier molecular flexibility index (Phi) is 3.61. The van der Waals surface area contributed by atoms with Gasteiger partial charge in [0.2, 0.25) is 0 Å². The van der Waals surface area contributed by atoms with Crippen LogP contribution in [-0.4, -0.2) is 16.1 Å². The Labute approximate surface area is 104 Å². The van der Waals surface area contributed by atoms with Crippen molar-refractivity contribution >= 4 is 27.0 Å². The lowest BCUT2D eigenvalue weighted by atomic mass is 10.3. The van der Waals surface area contributed by atoms with Gasteiger partial charge in [-0.3, -0.25) is 0 Å². The van der Waals surface area contributed by atoms with E-state index in [1.807, 2.05) is 0 Å². The van der Waals surface area contributed by atoms with Crippen molar-refractivity contribution in [1.29, 1.82) is 0 Å². The molecule has 1 aromatic carbocycles. The Bertz CT molecular complexity index is 490. The van der Waals surface area contributed by atoms with Gasteiger partial charge in [-0.2, -0.15) is 0 Å². The second-order valence-electron chi connectivity index (χ2n) is 3.80. The predicted molar refractivity (Wildman–Crippen MR) is 70.5 cm³/mol. The molecule has 2 N–H and O–H groups in total. The molecule has 0 atom stereocenters. The first-order valence-electron chi connectivity index (χ1n) is 5.61. The molecule has 0 aliphatic carbocycles. The zero-order chi connectivity index (χ0) is 11.5. The number of aryl methyl sites for hydroxylation is 2. The van der Waals surface area contributed by atoms with Gasteiger partial charge < -0.3 is 10.3 Å². The highest BCUT2D eigenvalue weighted by atomic mass is 79.9. The van der Waals surface area contributed by atoms with Crippen molar-refractivity contribution in [1.82, 2.24) is 9.55 Å². The molecule has 2 aromatic rings. The van der Waals surface area contributed by atoms with Crippen molar-refractivity contribution < 1.29 is 0 Å². The van der Waals surface area contributed by atoms with E-state index in [0.29, 0.717) is 0 Å². The highest BCUT2D eigenvalue weighted by Gasteiger charge is 2.08. The van der Waals surface area contributed by atoms with E-state index >= 15 is 0 Å². The smallest absolute Gasteiger partial charge is 0.109 e. The van der Waals surface area contributed by atoms with E-state index in [4.69, 9.17) is 5.73 Å². The molecule has 0 bridgehead atoms. The van der Waals surface area contributed by atoms with Gasteiger partial charge >= 0.3 is 0 Å². The standard InChI is InChI=1S/C12H16BrN3/c1-2-16-11-6-5-9(13)8-10(11)15-12(16)4-3-7-14/h5-6,8H,2-4,7,14H2,1H3. The molecule has 16 heavy (non-hydrogen) atoms. The summed E-state index contributed by atoms with van der Waals surface area (Å²) in [7, 11) is 0. The van der Waals surface area contributed by atoms with Gasteiger partial charge in [-0.15, -0.1) is 0 Å². The van der Waals surface area contributed by atoms with E-state index in [-0.39, 0.29) is 0 Å². The zero-order valence-electron chi connectivity index (χ0n) is 9.41. The minimum atomic E-state index is 0.719. The molecule has 3 nitrogen and oxygen atoms in total. The van der Waals surface area contributed by atoms with Crippen LogP contribution in [0.2, 0.25) is 0 Å². The lowest BCUT2D eigenvalue weighted by Crippen LogP contribution is -2.06. The number of hydrogen-bond donors (Lipinski definition) is 1. The van der Waals surface area contributed by atoms with E-state index in [1.165, 1.54) is 5.52 Å². The van der Waals surface area contributed by atoms with E-state index in [1.54, 1.807) is 0 Å². The van der Waals surface area contributed by atoms with Gasteiger partial charge in [0.1, 0.15) is 5.82 Å². The molecule has 1 aromatic heterocycles. The van der Waals surface area contributed by atoms with Crippen molar-refractivity contribution in [3.63, 3.8) is 0 Å². The summed E-state index contributed by atoms with van der Waals surface area (Å²) in [6, 6.07) is 6.23. The molecule has 0 radical (unpaired) electrons. The van der Waals surface area contributed by atoms with Crippen molar-refractivity contribution in [3.8, 4) is 0 Å². The fraction of sp³-hybridized carbons (Fsp3) is 0.417. The minimum Gasteiger partial charge on any atom is -0.330 e. The summed E-state index contributed by atoms with van der Waals surface area (Å²) in [5, 5.41) is 0. The second-order valence-corrected chi connectivity index (χ2v) is 4.71. The van der Waals surface area contributed by atoms with Gasteiger partial charge in [0.25, 0.3) is 0 Å². The quantitative estimate of drug-likeness (QED) is 0.937. The van der Waals surface area contributed by atoms with Crippen LogP contribution in [0.1, 0.15) is 19.2 Å². The molecule has 0 spiro atoms. The lowest BCUT2D eigenvalue weighted by Gasteiger charge is -2.04. The van der Waals surface area contributed by atoms with Crippen molar-refractivity contribution in [3.05, 3.63) is 28.5 Å². The molecule has 0 aliphatic heterocycles. The van der Waals surface area contributed by atoms with Crippen LogP contribution in [0, 0.1) is 0 Å². The number of nitrogens with two attached hydrogens (primary N) is 1. The van der Waals surface area contributed by atoms with Crippen molar-refractivity contribution in [2.45, 2.75) is 26.3 Å². The maximum atomic E-state index is 5.54. The summed E-state index contributed by atoms with van der Waals surface area (Å²) in [6.45, 7) is 3.82. The van der Waals surface area contributed by atoms with Crippen LogP contribution in [0.4, 0.5) is 0 Å². The largest absolute Gasteiger partial charge is 0.330 e. The first-order chi connectivity index (χ1) is 7.76. The van der Waals surface area contributed by atoms with Crippen LogP contribution >= 0.6 is 15.9 Å². The van der Waals surface area contributed by atoms with Crippen molar-refractivity contribution in [2.75, 3.05) is 6.54 Å². The fourth-order valence-electron chi connectivity index (χ4n) is 1.96. The number of imidazole rings is 1. The topological polar surface area (TPSA) is 43.8 Å². The third kappa shape index (κ3) is 2.13. The van der Waals surface area contributed by atoms with Gasteiger partial charge in [-0.05, 0) is 38.1 Å². The number of fused-ring (bicyclic) bond motifs is 1. The normalized spacial score (nSPS) is 11.2. The molecule has 1 heterocycles. The van der Waals surface area contributed by atoms with Crippen LogP contribution in [0.25, 0.3) is 11.0 Å². The Morgan fingerprint density at radius 3 is 2.94 bits per heavy atom. The Hall–Kier alpha value is -0.870. The third-order valence-corrected chi connectivity index (χ3v) is 3.20. The summed E-state index contributed by atoms with van der Waals surface area (Å²) in [5.41, 5.74) is 7.81. The third-order valence-electron chi connectivity index (χ3n) is 2.71. The first-order valence-corrected chi connectivity index (χ1v) is 6.40. The van der Waals surface area contributed by atoms with Crippen LogP contribution in [0.3, 0.4) is 0 Å². The average molecular weight is 282 g/mol. The highest BCUT2D eigenvalue weighted by molar-refractivity contribution is 9.10. The number of nitrogens with zero attached hydrogens (tertiary/aromatic N) is 2. The number of rotatable bonds is 4. The number of aromatic nitrogens is 2. The number of hydrogen-bond acceptors (Lipinski definition) is 2. The maximum absolute atomic E-state index is 5.54. The summed E-state index contributed by atoms with van der Waals surface area (Å²) in [4.78, 5) is 4.66. The SMILES string of the molecule is CCn1c(CCCN)nc2cc(Br)ccc21. The summed E-state index contributed by atoms with van der Waals surface area (Å²) < 4.78 is 3.34. The second kappa shape index (κ2) is 4.97. The summed E-state index contributed by atoms with van der Waals surface area (Å²) >= 11 is 3.47. The summed E-state index contributed by atoms with van der Waals surface area (Å²) in [5.74, 6) is 1.14. The molecule has 86 valence electrons. The van der Waals surface area contributed by atoms with Gasteiger partial charge in [0.05, 0.1) is 11.0 Å². The maximum Gasteiger partial charge on any atom is 0.109 e. The molecule has 0 saturated carbocycles. The van der Waals surface area contributed by atoms with E-state index < -0.39 is 0 Å². The van der Waals surface area contributed by atoms with E-state index in [0.717, 1.165) is 41.7 Å². The zero-order valence-corrected chi connectivity index (χ0v) is 11.0. The van der Waals surface area contributed by atoms with Crippen molar-refractivity contribution in [2.24, 2.45) is 5.73 Å². The molecular formula is C12H16BrN3. The minimum absolute atomic E-state index is 0.719. The predicted octanol–water partition coefficient (Wildman–Crippen LogP) is 2.71. The molecule has 0 aliphatic rings. The summed E-state index contributed by atoms with van der Waals surface area (Å²) in [6.07, 6.45) is 1.95.